The van der Waals surface area contributed by atoms with Crippen molar-refractivity contribution in [2.24, 2.45) is 0 Å². The zero-order chi connectivity index (χ0) is 12.2. The van der Waals surface area contributed by atoms with E-state index in [4.69, 9.17) is 0 Å². The molecule has 1 rings (SSSR count). The van der Waals surface area contributed by atoms with E-state index in [-0.39, 0.29) is 0 Å². The van der Waals surface area contributed by atoms with Crippen molar-refractivity contribution in [2.75, 3.05) is 6.26 Å². The zero-order valence-corrected chi connectivity index (χ0v) is 11.5. The van der Waals surface area contributed by atoms with Gasteiger partial charge < -0.3 is 5.32 Å². The molecule has 1 aromatic rings. The van der Waals surface area contributed by atoms with Gasteiger partial charge in [0.05, 0.1) is 0 Å². The molecule has 1 aromatic heterocycles. The van der Waals surface area contributed by atoms with Gasteiger partial charge in [0.2, 0.25) is 0 Å². The molecule has 0 fully saturated rings. The van der Waals surface area contributed by atoms with Gasteiger partial charge in [-0.1, -0.05) is 24.2 Å². The largest absolute Gasteiger partial charge is 0.308 e. The third-order valence-corrected chi connectivity index (χ3v) is 3.99. The summed E-state index contributed by atoms with van der Waals surface area (Å²) in [5.74, 6) is 0. The quantitative estimate of drug-likeness (QED) is 0.831. The molecule has 0 spiro atoms. The molecule has 0 radical (unpaired) electrons. The highest BCUT2D eigenvalue weighted by Gasteiger charge is 2.19. The van der Waals surface area contributed by atoms with Crippen LogP contribution in [0.3, 0.4) is 0 Å². The van der Waals surface area contributed by atoms with E-state index in [1.807, 2.05) is 18.7 Å². The Balaban J connectivity index is 2.36. The molecule has 1 heterocycles. The van der Waals surface area contributed by atoms with E-state index in [1.54, 1.807) is 0 Å². The van der Waals surface area contributed by atoms with Crippen molar-refractivity contribution < 1.29 is 4.63 Å². The molecule has 0 amide bonds. The molecule has 0 bridgehead atoms. The second-order valence-corrected chi connectivity index (χ2v) is 6.26. The Morgan fingerprint density at radius 1 is 1.44 bits per heavy atom. The smallest absolute Gasteiger partial charge is 0.121 e. The lowest BCUT2D eigenvalue weighted by atomic mass is 10.0. The number of nitrogens with one attached hydrogen (secondary N) is 1. The first-order chi connectivity index (χ1) is 7.44. The predicted molar refractivity (Wildman–Crippen MR) is 67.5 cm³/mol. The molecule has 0 saturated heterocycles. The van der Waals surface area contributed by atoms with E-state index >= 15 is 0 Å². The summed E-state index contributed by atoms with van der Waals surface area (Å²) in [6.45, 7) is 9.35. The van der Waals surface area contributed by atoms with Gasteiger partial charge in [-0.05, 0) is 26.5 Å². The summed E-state index contributed by atoms with van der Waals surface area (Å²) in [5.41, 5.74) is 1.76. The molecule has 5 heteroatoms. The van der Waals surface area contributed by atoms with Crippen LogP contribution < -0.4 is 5.32 Å². The topological polar surface area (TPSA) is 51.0 Å². The number of aromatic nitrogens is 2. The summed E-state index contributed by atoms with van der Waals surface area (Å²) < 4.78 is 4.96. The van der Waals surface area contributed by atoms with Gasteiger partial charge in [0.1, 0.15) is 11.4 Å². The van der Waals surface area contributed by atoms with Crippen LogP contribution in [-0.4, -0.2) is 27.4 Å². The summed E-state index contributed by atoms with van der Waals surface area (Å²) in [6, 6.07) is 0.457. The molecular weight excluding hydrogens is 222 g/mol. The molecule has 0 aliphatic rings. The van der Waals surface area contributed by atoms with Crippen LogP contribution in [0.2, 0.25) is 0 Å². The first-order valence-electron chi connectivity index (χ1n) is 5.51. The number of rotatable bonds is 6. The summed E-state index contributed by atoms with van der Waals surface area (Å²) in [4.78, 5) is 0. The van der Waals surface area contributed by atoms with Crippen molar-refractivity contribution in [3.63, 3.8) is 0 Å². The standard InChI is InChI=1S/C11H21N3OS/c1-8(6-11(3,4)16-5)12-7-10-9(2)13-15-14-10/h8,12H,6-7H2,1-5H3. The Bertz CT molecular complexity index is 325. The van der Waals surface area contributed by atoms with Crippen molar-refractivity contribution in [2.45, 2.75) is 51.4 Å². The van der Waals surface area contributed by atoms with Crippen LogP contribution in [0, 0.1) is 6.92 Å². The Morgan fingerprint density at radius 3 is 2.62 bits per heavy atom. The fraction of sp³-hybridized carbons (Fsp3) is 0.818. The fourth-order valence-corrected chi connectivity index (χ4v) is 1.99. The average molecular weight is 243 g/mol. The van der Waals surface area contributed by atoms with Crippen molar-refractivity contribution in [3.05, 3.63) is 11.4 Å². The molecule has 16 heavy (non-hydrogen) atoms. The molecule has 1 unspecified atom stereocenters. The van der Waals surface area contributed by atoms with E-state index in [1.165, 1.54) is 0 Å². The lowest BCUT2D eigenvalue weighted by molar-refractivity contribution is 0.299. The number of hydrogen-bond donors (Lipinski definition) is 1. The molecule has 92 valence electrons. The summed E-state index contributed by atoms with van der Waals surface area (Å²) in [6.07, 6.45) is 3.27. The Kier molecular flexibility index (Phi) is 4.80. The van der Waals surface area contributed by atoms with Gasteiger partial charge in [0.15, 0.2) is 0 Å². The van der Waals surface area contributed by atoms with Crippen molar-refractivity contribution in [1.82, 2.24) is 15.6 Å². The maximum Gasteiger partial charge on any atom is 0.121 e. The Labute approximate surface area is 102 Å². The minimum Gasteiger partial charge on any atom is -0.308 e. The van der Waals surface area contributed by atoms with Crippen LogP contribution >= 0.6 is 11.8 Å². The van der Waals surface area contributed by atoms with Gasteiger partial charge in [0.25, 0.3) is 0 Å². The van der Waals surface area contributed by atoms with Crippen molar-refractivity contribution in [3.8, 4) is 0 Å². The summed E-state index contributed by atoms with van der Waals surface area (Å²) in [5, 5.41) is 11.0. The zero-order valence-electron chi connectivity index (χ0n) is 10.7. The van der Waals surface area contributed by atoms with Crippen LogP contribution in [0.15, 0.2) is 4.63 Å². The van der Waals surface area contributed by atoms with Crippen molar-refractivity contribution in [1.29, 1.82) is 0 Å². The van der Waals surface area contributed by atoms with Crippen LogP contribution in [0.5, 0.6) is 0 Å². The molecule has 0 aliphatic carbocycles. The SMILES string of the molecule is CSC(C)(C)CC(C)NCc1nonc1C. The van der Waals surface area contributed by atoms with Gasteiger partial charge in [-0.3, -0.25) is 0 Å². The highest BCUT2D eigenvalue weighted by molar-refractivity contribution is 7.99. The van der Waals surface area contributed by atoms with Crippen LogP contribution in [0.1, 0.15) is 38.6 Å². The highest BCUT2D eigenvalue weighted by Crippen LogP contribution is 2.26. The van der Waals surface area contributed by atoms with E-state index in [0.29, 0.717) is 10.8 Å². The molecular formula is C11H21N3OS. The molecule has 0 aromatic carbocycles. The van der Waals surface area contributed by atoms with Gasteiger partial charge in [0, 0.05) is 17.3 Å². The number of hydrogen-bond acceptors (Lipinski definition) is 5. The van der Waals surface area contributed by atoms with E-state index in [0.717, 1.165) is 24.4 Å². The van der Waals surface area contributed by atoms with E-state index < -0.39 is 0 Å². The molecule has 0 aliphatic heterocycles. The van der Waals surface area contributed by atoms with Crippen LogP contribution in [-0.2, 0) is 6.54 Å². The molecule has 1 atom stereocenters. The first-order valence-corrected chi connectivity index (χ1v) is 6.73. The number of nitrogens with zero attached hydrogens (tertiary/aromatic N) is 2. The summed E-state index contributed by atoms with van der Waals surface area (Å²) in [7, 11) is 0. The summed E-state index contributed by atoms with van der Waals surface area (Å²) >= 11 is 1.90. The normalized spacial score (nSPS) is 14.1. The third-order valence-electron chi connectivity index (χ3n) is 2.71. The average Bonchev–Trinajstić information content (AvgIpc) is 2.60. The van der Waals surface area contributed by atoms with Crippen LogP contribution in [0.25, 0.3) is 0 Å². The third kappa shape index (κ3) is 4.14. The monoisotopic (exact) mass is 243 g/mol. The maximum absolute atomic E-state index is 4.66. The van der Waals surface area contributed by atoms with Crippen LogP contribution in [0.4, 0.5) is 0 Å². The Morgan fingerprint density at radius 2 is 2.12 bits per heavy atom. The number of thioether (sulfide) groups is 1. The minimum atomic E-state index is 0.309. The van der Waals surface area contributed by atoms with Crippen molar-refractivity contribution >= 4 is 11.8 Å². The van der Waals surface area contributed by atoms with Gasteiger partial charge >= 0.3 is 0 Å². The second kappa shape index (κ2) is 5.68. The van der Waals surface area contributed by atoms with E-state index in [2.05, 4.69) is 47.3 Å². The van der Waals surface area contributed by atoms with Gasteiger partial charge in [-0.15, -0.1) is 0 Å². The fourth-order valence-electron chi connectivity index (χ4n) is 1.57. The van der Waals surface area contributed by atoms with Gasteiger partial charge in [-0.25, -0.2) is 4.63 Å². The Hall–Kier alpha value is -0.550. The van der Waals surface area contributed by atoms with E-state index in [9.17, 15) is 0 Å². The second-order valence-electron chi connectivity index (χ2n) is 4.75. The van der Waals surface area contributed by atoms with Gasteiger partial charge in [-0.2, -0.15) is 11.8 Å². The minimum absolute atomic E-state index is 0.309. The lowest BCUT2D eigenvalue weighted by Crippen LogP contribution is -2.32. The maximum atomic E-state index is 4.66. The molecule has 1 N–H and O–H groups in total. The number of aryl methyl sites for hydroxylation is 1. The highest BCUT2D eigenvalue weighted by atomic mass is 32.2. The molecule has 0 saturated carbocycles. The molecule has 4 nitrogen and oxygen atoms in total. The lowest BCUT2D eigenvalue weighted by Gasteiger charge is -2.26. The predicted octanol–water partition coefficient (Wildman–Crippen LogP) is 2.39. The first kappa shape index (κ1) is 13.5.